The van der Waals surface area contributed by atoms with Crippen LogP contribution in [0, 0.1) is 11.8 Å². The van der Waals surface area contributed by atoms with Gasteiger partial charge in [0, 0.05) is 31.4 Å². The van der Waals surface area contributed by atoms with Gasteiger partial charge >= 0.3 is 0 Å². The lowest BCUT2D eigenvalue weighted by Crippen LogP contribution is -2.35. The molecule has 1 amide bonds. The number of amides is 1. The van der Waals surface area contributed by atoms with Crippen LogP contribution in [0.5, 0.6) is 0 Å². The number of carbonyl (C=O) groups excluding carboxylic acids is 1. The smallest absolute Gasteiger partial charge is 0.223 e. The second-order valence-electron chi connectivity index (χ2n) is 9.08. The van der Waals surface area contributed by atoms with E-state index in [4.69, 9.17) is 14.7 Å². The Bertz CT molecular complexity index is 882. The topological polar surface area (TPSA) is 94.0 Å². The van der Waals surface area contributed by atoms with Gasteiger partial charge in [0.25, 0.3) is 0 Å². The number of aromatic nitrogens is 4. The van der Waals surface area contributed by atoms with Gasteiger partial charge in [0.2, 0.25) is 5.91 Å². The molecular weight excluding hydrogens is 448 g/mol. The molecule has 2 N–H and O–H groups in total. The fourth-order valence-electron chi connectivity index (χ4n) is 4.51. The van der Waals surface area contributed by atoms with Crippen LogP contribution < -0.4 is 10.6 Å². The summed E-state index contributed by atoms with van der Waals surface area (Å²) in [6.45, 7) is 9.54. The van der Waals surface area contributed by atoms with E-state index in [-0.39, 0.29) is 11.8 Å². The summed E-state index contributed by atoms with van der Waals surface area (Å²) in [6.07, 6.45) is 11.2. The zero-order chi connectivity index (χ0) is 24.2. The number of hydrogen-bond acceptors (Lipinski definition) is 7. The fraction of sp³-hybridized carbons (Fsp3) is 0.760. The molecule has 0 radical (unpaired) electrons. The van der Waals surface area contributed by atoms with Crippen molar-refractivity contribution in [2.75, 3.05) is 37.4 Å². The third kappa shape index (κ3) is 7.83. The summed E-state index contributed by atoms with van der Waals surface area (Å²) < 4.78 is 7.32. The standard InChI is InChI=1S/C25H42N6O2S/c1-4-7-8-19-9-11-20(12-10-19)24(32)27-13-15-31-23-21(18-28-31)22(26-14-16-33-6-3)29-25(30-23)34-17-5-2/h18-20H,4-17H2,1-3H3,(H,27,32)(H,26,29,30). The number of unbranched alkanes of at least 4 members (excludes halogenated alkanes) is 1. The summed E-state index contributed by atoms with van der Waals surface area (Å²) in [4.78, 5) is 22.2. The summed E-state index contributed by atoms with van der Waals surface area (Å²) in [6, 6.07) is 0. The van der Waals surface area contributed by atoms with Crippen LogP contribution in [0.2, 0.25) is 0 Å². The second-order valence-corrected chi connectivity index (χ2v) is 10.1. The molecule has 2 heterocycles. The first-order valence-corrected chi connectivity index (χ1v) is 14.1. The van der Waals surface area contributed by atoms with Crippen LogP contribution in [-0.2, 0) is 16.1 Å². The molecule has 0 spiro atoms. The largest absolute Gasteiger partial charge is 0.380 e. The minimum atomic E-state index is 0.160. The highest BCUT2D eigenvalue weighted by molar-refractivity contribution is 7.99. The lowest BCUT2D eigenvalue weighted by Gasteiger charge is -2.27. The van der Waals surface area contributed by atoms with Crippen LogP contribution in [0.4, 0.5) is 5.82 Å². The molecule has 0 atom stereocenters. The molecule has 0 aliphatic heterocycles. The molecule has 1 aliphatic rings. The molecular formula is C25H42N6O2S. The van der Waals surface area contributed by atoms with Gasteiger partial charge in [-0.2, -0.15) is 5.10 Å². The third-order valence-corrected chi connectivity index (χ3v) is 7.51. The predicted octanol–water partition coefficient (Wildman–Crippen LogP) is 4.89. The third-order valence-electron chi connectivity index (χ3n) is 6.46. The minimum absolute atomic E-state index is 0.160. The molecule has 0 aromatic carbocycles. The number of nitrogens with zero attached hydrogens (tertiary/aromatic N) is 4. The van der Waals surface area contributed by atoms with Crippen LogP contribution in [0.25, 0.3) is 11.0 Å². The van der Waals surface area contributed by atoms with E-state index in [0.717, 1.165) is 52.9 Å². The van der Waals surface area contributed by atoms with Crippen molar-refractivity contribution in [3.63, 3.8) is 0 Å². The summed E-state index contributed by atoms with van der Waals surface area (Å²) in [7, 11) is 0. The van der Waals surface area contributed by atoms with Gasteiger partial charge in [-0.05, 0) is 44.9 Å². The van der Waals surface area contributed by atoms with Gasteiger partial charge in [-0.1, -0.05) is 44.9 Å². The molecule has 9 heteroatoms. The highest BCUT2D eigenvalue weighted by Crippen LogP contribution is 2.32. The molecule has 190 valence electrons. The van der Waals surface area contributed by atoms with E-state index in [2.05, 4.69) is 29.6 Å². The Balaban J connectivity index is 1.57. The Kier molecular flexibility index (Phi) is 11.4. The van der Waals surface area contributed by atoms with Gasteiger partial charge < -0.3 is 15.4 Å². The summed E-state index contributed by atoms with van der Waals surface area (Å²) in [5.41, 5.74) is 0.804. The Hall–Kier alpha value is -1.87. The normalized spacial score (nSPS) is 18.3. The molecule has 34 heavy (non-hydrogen) atoms. The number of hydrogen-bond donors (Lipinski definition) is 2. The highest BCUT2D eigenvalue weighted by Gasteiger charge is 2.25. The first-order valence-electron chi connectivity index (χ1n) is 13.1. The van der Waals surface area contributed by atoms with Crippen molar-refractivity contribution in [3.05, 3.63) is 6.20 Å². The molecule has 8 nitrogen and oxygen atoms in total. The van der Waals surface area contributed by atoms with Crippen molar-refractivity contribution in [2.24, 2.45) is 11.8 Å². The maximum Gasteiger partial charge on any atom is 0.223 e. The van der Waals surface area contributed by atoms with E-state index < -0.39 is 0 Å². The molecule has 1 aliphatic carbocycles. The molecule has 0 saturated heterocycles. The number of carbonyl (C=O) groups is 1. The molecule has 0 unspecified atom stereocenters. The highest BCUT2D eigenvalue weighted by atomic mass is 32.2. The average molecular weight is 491 g/mol. The molecule has 0 bridgehead atoms. The Morgan fingerprint density at radius 2 is 1.97 bits per heavy atom. The Morgan fingerprint density at radius 1 is 1.15 bits per heavy atom. The van der Waals surface area contributed by atoms with Gasteiger partial charge in [0.15, 0.2) is 10.8 Å². The number of ether oxygens (including phenoxy) is 1. The van der Waals surface area contributed by atoms with Gasteiger partial charge in [0.05, 0.1) is 24.7 Å². The SMILES string of the molecule is CCCCC1CCC(C(=O)NCCn2ncc3c(NCCOCC)nc(SCCC)nc32)CC1. The number of rotatable bonds is 15. The fourth-order valence-corrected chi connectivity index (χ4v) is 5.21. The van der Waals surface area contributed by atoms with Crippen molar-refractivity contribution in [3.8, 4) is 0 Å². The van der Waals surface area contributed by atoms with Crippen LogP contribution in [-0.4, -0.2) is 57.7 Å². The number of fused-ring (bicyclic) bond motifs is 1. The summed E-state index contributed by atoms with van der Waals surface area (Å²) >= 11 is 1.65. The number of anilines is 1. The zero-order valence-electron chi connectivity index (χ0n) is 21.1. The zero-order valence-corrected chi connectivity index (χ0v) is 22.0. The Morgan fingerprint density at radius 3 is 2.71 bits per heavy atom. The maximum absolute atomic E-state index is 12.7. The van der Waals surface area contributed by atoms with E-state index in [1.54, 1.807) is 11.8 Å². The molecule has 2 aromatic rings. The molecule has 2 aromatic heterocycles. The summed E-state index contributed by atoms with van der Waals surface area (Å²) in [5.74, 6) is 2.92. The molecule has 3 rings (SSSR count). The first kappa shape index (κ1) is 26.7. The van der Waals surface area contributed by atoms with Crippen LogP contribution in [0.1, 0.15) is 72.1 Å². The number of thioether (sulfide) groups is 1. The van der Waals surface area contributed by atoms with Gasteiger partial charge in [-0.3, -0.25) is 4.79 Å². The van der Waals surface area contributed by atoms with E-state index in [9.17, 15) is 4.79 Å². The van der Waals surface area contributed by atoms with Gasteiger partial charge in [-0.15, -0.1) is 0 Å². The first-order chi connectivity index (χ1) is 16.7. The minimum Gasteiger partial charge on any atom is -0.380 e. The van der Waals surface area contributed by atoms with Crippen molar-refractivity contribution >= 4 is 34.5 Å². The number of nitrogens with one attached hydrogen (secondary N) is 2. The lowest BCUT2D eigenvalue weighted by molar-refractivity contribution is -0.126. The maximum atomic E-state index is 12.7. The molecule has 1 fully saturated rings. The lowest BCUT2D eigenvalue weighted by atomic mass is 9.79. The van der Waals surface area contributed by atoms with E-state index in [1.165, 1.54) is 32.1 Å². The molecule has 1 saturated carbocycles. The van der Waals surface area contributed by atoms with Crippen LogP contribution in [0.15, 0.2) is 11.4 Å². The van der Waals surface area contributed by atoms with Crippen molar-refractivity contribution in [2.45, 2.75) is 83.8 Å². The quantitative estimate of drug-likeness (QED) is 0.208. The van der Waals surface area contributed by atoms with Gasteiger partial charge in [-0.25, -0.2) is 14.6 Å². The Labute approximate surface area is 208 Å². The van der Waals surface area contributed by atoms with Crippen LogP contribution in [0.3, 0.4) is 0 Å². The van der Waals surface area contributed by atoms with Crippen molar-refractivity contribution in [1.29, 1.82) is 0 Å². The van der Waals surface area contributed by atoms with Crippen molar-refractivity contribution < 1.29 is 9.53 Å². The summed E-state index contributed by atoms with van der Waals surface area (Å²) in [5, 5.41) is 12.7. The van der Waals surface area contributed by atoms with Crippen molar-refractivity contribution in [1.82, 2.24) is 25.1 Å². The van der Waals surface area contributed by atoms with E-state index in [1.807, 2.05) is 17.8 Å². The predicted molar refractivity (Wildman–Crippen MR) is 139 cm³/mol. The average Bonchev–Trinajstić information content (AvgIpc) is 3.27. The van der Waals surface area contributed by atoms with Gasteiger partial charge in [0.1, 0.15) is 5.82 Å². The monoisotopic (exact) mass is 490 g/mol. The second kappa shape index (κ2) is 14.5. The van der Waals surface area contributed by atoms with Crippen LogP contribution >= 0.6 is 11.8 Å². The van der Waals surface area contributed by atoms with E-state index >= 15 is 0 Å². The van der Waals surface area contributed by atoms with E-state index in [0.29, 0.717) is 32.8 Å².